The van der Waals surface area contributed by atoms with Gasteiger partial charge in [-0.25, -0.2) is 4.68 Å². The highest BCUT2D eigenvalue weighted by Crippen LogP contribution is 2.41. The summed E-state index contributed by atoms with van der Waals surface area (Å²) >= 11 is 0. The normalized spacial score (nSPS) is 12.3. The van der Waals surface area contributed by atoms with Gasteiger partial charge < -0.3 is 52.3 Å². The number of carbonyl (C=O) groups excluding carboxylic acids is 3. The Morgan fingerprint density at radius 3 is 1.37 bits per heavy atom. The van der Waals surface area contributed by atoms with Gasteiger partial charge in [0, 0.05) is 49.8 Å². The lowest BCUT2D eigenvalue weighted by Gasteiger charge is -2.28. The molecule has 392 valence electrons. The van der Waals surface area contributed by atoms with Gasteiger partial charge in [-0.2, -0.15) is 0 Å². The molecule has 0 fully saturated rings. The number of ketones is 2. The number of ether oxygens (including phenoxy) is 10. The molecule has 0 N–H and O–H groups in total. The molecule has 0 saturated heterocycles. The van der Waals surface area contributed by atoms with Crippen LogP contribution < -0.4 is 4.90 Å². The van der Waals surface area contributed by atoms with Gasteiger partial charge in [-0.05, 0) is 42.7 Å². The van der Waals surface area contributed by atoms with Crippen LogP contribution in [0.25, 0.3) is 22.5 Å². The zero-order valence-electron chi connectivity index (χ0n) is 42.6. The maximum absolute atomic E-state index is 13.8. The number of carbonyl (C=O) groups is 3. The van der Waals surface area contributed by atoms with E-state index in [1.165, 1.54) is 0 Å². The number of amides is 1. The zero-order valence-corrected chi connectivity index (χ0v) is 42.6. The third-order valence-corrected chi connectivity index (χ3v) is 11.0. The minimum absolute atomic E-state index is 0.0255. The maximum Gasteiger partial charge on any atom is 0.227 e. The molecule has 0 aliphatic carbocycles. The molecule has 70 heavy (non-hydrogen) atoms. The number of hydrogen-bond acceptors (Lipinski definition) is 15. The van der Waals surface area contributed by atoms with Crippen LogP contribution in [0.1, 0.15) is 84.6 Å². The number of benzene rings is 2. The molecular weight excluding hydrogens is 901 g/mol. The molecule has 2 aromatic carbocycles. The molecule has 0 saturated carbocycles. The first-order valence-electron chi connectivity index (χ1n) is 25.5. The summed E-state index contributed by atoms with van der Waals surface area (Å²) in [4.78, 5) is 39.6. The van der Waals surface area contributed by atoms with Crippen molar-refractivity contribution < 1.29 is 61.8 Å². The van der Waals surface area contributed by atoms with Gasteiger partial charge in [0.1, 0.15) is 17.3 Å². The fourth-order valence-corrected chi connectivity index (χ4v) is 7.65. The third-order valence-electron chi connectivity index (χ3n) is 11.0. The Labute approximate surface area is 416 Å². The van der Waals surface area contributed by atoms with Crippen molar-refractivity contribution in [1.29, 1.82) is 0 Å². The van der Waals surface area contributed by atoms with E-state index in [4.69, 9.17) is 47.4 Å². The highest BCUT2D eigenvalue weighted by molar-refractivity contribution is 6.00. The Hall–Kier alpha value is -4.01. The molecule has 0 atom stereocenters. The smallest absolute Gasteiger partial charge is 0.227 e. The van der Waals surface area contributed by atoms with E-state index < -0.39 is 0 Å². The summed E-state index contributed by atoms with van der Waals surface area (Å²) < 4.78 is 57.8. The van der Waals surface area contributed by atoms with Crippen LogP contribution in [-0.4, -0.2) is 165 Å². The number of fused-ring (bicyclic) bond motifs is 5. The number of unbranched alkanes of at least 4 members (excludes halogenated alkanes) is 1. The summed E-state index contributed by atoms with van der Waals surface area (Å²) in [5.74, 6) is 1.35. The highest BCUT2D eigenvalue weighted by atomic mass is 16.6. The predicted octanol–water partition coefficient (Wildman–Crippen LogP) is 7.20. The van der Waals surface area contributed by atoms with Crippen LogP contribution in [0.2, 0.25) is 0 Å². The van der Waals surface area contributed by atoms with E-state index in [1.807, 2.05) is 46.0 Å². The van der Waals surface area contributed by atoms with Gasteiger partial charge >= 0.3 is 0 Å². The maximum atomic E-state index is 13.8. The number of hydrogen-bond donors (Lipinski definition) is 0. The summed E-state index contributed by atoms with van der Waals surface area (Å²) in [6.07, 6.45) is 4.81. The molecule has 1 aliphatic rings. The fraction of sp³-hybridized carbons (Fsp3) is 0.679. The zero-order chi connectivity index (χ0) is 49.9. The molecule has 0 radical (unpaired) electrons. The van der Waals surface area contributed by atoms with Crippen LogP contribution >= 0.6 is 0 Å². The molecule has 1 aliphatic heterocycles. The molecule has 4 rings (SSSR count). The number of aromatic nitrogens is 3. The van der Waals surface area contributed by atoms with Crippen LogP contribution in [-0.2, 0) is 74.8 Å². The molecule has 3 aromatic rings. The SMILES string of the molecule is CC(C)CC(=O)CCCCC(=O)N1Cc2ccccc2-c2c(nnn2CCOCCOCCOCCOCCOCCOCCOCCOCCOCCOCCCC(=O)CC(C)C)-c2ccccc21. The van der Waals surface area contributed by atoms with E-state index >= 15 is 0 Å². The summed E-state index contributed by atoms with van der Waals surface area (Å²) in [6, 6.07) is 16.0. The minimum Gasteiger partial charge on any atom is -0.379 e. The molecule has 0 spiro atoms. The van der Waals surface area contributed by atoms with Crippen molar-refractivity contribution in [2.24, 2.45) is 11.8 Å². The summed E-state index contributed by atoms with van der Waals surface area (Å²) in [5, 5.41) is 9.21. The topological polar surface area (TPSA) is 177 Å². The first-order chi connectivity index (χ1) is 34.2. The monoisotopic (exact) mass is 983 g/mol. The number of nitrogens with zero attached hydrogens (tertiary/aromatic N) is 4. The summed E-state index contributed by atoms with van der Waals surface area (Å²) in [7, 11) is 0. The van der Waals surface area contributed by atoms with Crippen molar-refractivity contribution >= 4 is 23.2 Å². The second-order valence-corrected chi connectivity index (χ2v) is 17.9. The van der Waals surface area contributed by atoms with Crippen molar-refractivity contribution in [2.75, 3.05) is 137 Å². The predicted molar refractivity (Wildman–Crippen MR) is 267 cm³/mol. The minimum atomic E-state index is 0.0255. The highest BCUT2D eigenvalue weighted by Gasteiger charge is 2.29. The summed E-state index contributed by atoms with van der Waals surface area (Å²) in [5.41, 5.74) is 5.25. The summed E-state index contributed by atoms with van der Waals surface area (Å²) in [6.45, 7) is 18.7. The molecule has 2 heterocycles. The second-order valence-electron chi connectivity index (χ2n) is 17.9. The first-order valence-corrected chi connectivity index (χ1v) is 25.5. The van der Waals surface area contributed by atoms with Crippen LogP contribution in [0, 0.1) is 11.8 Å². The van der Waals surface area contributed by atoms with Gasteiger partial charge in [0.25, 0.3) is 0 Å². The van der Waals surface area contributed by atoms with Crippen molar-refractivity contribution in [3.8, 4) is 22.5 Å². The van der Waals surface area contributed by atoms with E-state index in [9.17, 15) is 14.4 Å². The molecular formula is C53H82N4O13. The van der Waals surface area contributed by atoms with Crippen LogP contribution in [0.4, 0.5) is 5.69 Å². The molecule has 0 bridgehead atoms. The van der Waals surface area contributed by atoms with Crippen molar-refractivity contribution in [2.45, 2.75) is 92.2 Å². The van der Waals surface area contributed by atoms with Crippen LogP contribution in [0.15, 0.2) is 48.5 Å². The van der Waals surface area contributed by atoms with Crippen LogP contribution in [0.5, 0.6) is 0 Å². The Kier molecular flexibility index (Phi) is 30.8. The molecule has 1 aromatic heterocycles. The fourth-order valence-electron chi connectivity index (χ4n) is 7.65. The van der Waals surface area contributed by atoms with Gasteiger partial charge in [-0.1, -0.05) is 75.4 Å². The molecule has 17 nitrogen and oxygen atoms in total. The Morgan fingerprint density at radius 2 is 0.886 bits per heavy atom. The van der Waals surface area contributed by atoms with Crippen molar-refractivity contribution in [3.63, 3.8) is 0 Å². The Balaban J connectivity index is 0.941. The second kappa shape index (κ2) is 36.8. The number of anilines is 1. The lowest BCUT2D eigenvalue weighted by atomic mass is 9.95. The average molecular weight is 983 g/mol. The molecule has 17 heteroatoms. The number of rotatable bonds is 43. The molecule has 0 unspecified atom stereocenters. The largest absolute Gasteiger partial charge is 0.379 e. The van der Waals surface area contributed by atoms with Gasteiger partial charge in [0.15, 0.2) is 0 Å². The molecule has 1 amide bonds. The standard InChI is InChI=1S/C53H82N4O13/c1-43(2)40-46(58)13-6-10-18-51(60)56-42-45-12-5-7-15-48(45)53-52(49-16-8-9-17-50(49)56)54-55-57(53)19-21-62-23-25-64-27-29-66-31-33-68-35-37-70-39-38-69-36-34-67-32-30-65-28-26-63-24-22-61-20-11-14-47(59)41-44(3)4/h5,7-9,12,15-17,43-44H,6,10-11,13-14,18-42H2,1-4H3. The van der Waals surface area contributed by atoms with E-state index in [-0.39, 0.29) is 11.7 Å². The van der Waals surface area contributed by atoms with Gasteiger partial charge in [-0.15, -0.1) is 5.10 Å². The van der Waals surface area contributed by atoms with E-state index in [0.717, 1.165) is 40.2 Å². The van der Waals surface area contributed by atoms with E-state index in [0.29, 0.717) is 208 Å². The Morgan fingerprint density at radius 1 is 0.486 bits per heavy atom. The van der Waals surface area contributed by atoms with Gasteiger partial charge in [0.05, 0.1) is 150 Å². The first kappa shape index (κ1) is 58.6. The third kappa shape index (κ3) is 24.4. The number of para-hydroxylation sites is 1. The Bertz CT molecular complexity index is 1880. The van der Waals surface area contributed by atoms with Gasteiger partial charge in [-0.3, -0.25) is 14.4 Å². The number of Topliss-reactive ketones (excluding diaryl/α,β-unsaturated/α-hetero) is 2. The van der Waals surface area contributed by atoms with Crippen LogP contribution in [0.3, 0.4) is 0 Å². The van der Waals surface area contributed by atoms with Gasteiger partial charge in [0.2, 0.25) is 5.91 Å². The van der Waals surface area contributed by atoms with Crippen molar-refractivity contribution in [1.82, 2.24) is 15.0 Å². The van der Waals surface area contributed by atoms with E-state index in [1.54, 1.807) is 0 Å². The van der Waals surface area contributed by atoms with E-state index in [2.05, 4.69) is 50.1 Å². The average Bonchev–Trinajstić information content (AvgIpc) is 3.75. The lowest BCUT2D eigenvalue weighted by molar-refractivity contribution is -0.121. The lowest BCUT2D eigenvalue weighted by Crippen LogP contribution is -2.31. The van der Waals surface area contributed by atoms with Crippen molar-refractivity contribution in [3.05, 3.63) is 54.1 Å². The quantitative estimate of drug-likeness (QED) is 0.0520.